The van der Waals surface area contributed by atoms with E-state index in [1.165, 1.54) is 6.42 Å². The predicted molar refractivity (Wildman–Crippen MR) is 80.4 cm³/mol. The van der Waals surface area contributed by atoms with Crippen molar-refractivity contribution in [1.82, 2.24) is 10.3 Å². The molecule has 0 spiro atoms. The van der Waals surface area contributed by atoms with Crippen LogP contribution in [0.15, 0.2) is 12.3 Å². The Kier molecular flexibility index (Phi) is 4.69. The van der Waals surface area contributed by atoms with E-state index in [-0.39, 0.29) is 11.9 Å². The summed E-state index contributed by atoms with van der Waals surface area (Å²) in [7, 11) is 0. The number of nitrogens with one attached hydrogen (secondary N) is 1. The number of hydrogen-bond acceptors (Lipinski definition) is 4. The maximum atomic E-state index is 12.2. The Bertz CT molecular complexity index is 464. The van der Waals surface area contributed by atoms with Crippen molar-refractivity contribution in [2.75, 3.05) is 11.5 Å². The first kappa shape index (κ1) is 14.2. The second-order valence-corrected chi connectivity index (χ2v) is 6.55. The molecule has 2 rings (SSSR count). The monoisotopic (exact) mass is 279 g/mol. The minimum absolute atomic E-state index is 0.0999. The van der Waals surface area contributed by atoms with Gasteiger partial charge in [-0.3, -0.25) is 9.78 Å². The van der Waals surface area contributed by atoms with Gasteiger partial charge in [0.25, 0.3) is 5.91 Å². The summed E-state index contributed by atoms with van der Waals surface area (Å²) >= 11 is 1.98. The second-order valence-electron chi connectivity index (χ2n) is 4.97. The number of nitrogens with two attached hydrogens (primary N) is 1. The molecule has 2 unspecified atom stereocenters. The van der Waals surface area contributed by atoms with E-state index in [0.717, 1.165) is 24.3 Å². The van der Waals surface area contributed by atoms with Gasteiger partial charge in [0, 0.05) is 28.9 Å². The number of aromatic nitrogens is 1. The molecule has 1 aliphatic rings. The van der Waals surface area contributed by atoms with Crippen LogP contribution in [0.2, 0.25) is 0 Å². The molecule has 19 heavy (non-hydrogen) atoms. The van der Waals surface area contributed by atoms with E-state index < -0.39 is 0 Å². The highest BCUT2D eigenvalue weighted by atomic mass is 32.2. The van der Waals surface area contributed by atoms with Gasteiger partial charge in [-0.15, -0.1) is 0 Å². The third-order valence-electron chi connectivity index (χ3n) is 3.44. The number of carbonyl (C=O) groups excluding carboxylic acids is 1. The normalized spacial score (nSPS) is 22.4. The number of anilines is 1. The summed E-state index contributed by atoms with van der Waals surface area (Å²) < 4.78 is 0. The fourth-order valence-corrected chi connectivity index (χ4v) is 3.63. The fraction of sp³-hybridized carbons (Fsp3) is 0.571. The van der Waals surface area contributed by atoms with Gasteiger partial charge in [-0.2, -0.15) is 11.8 Å². The van der Waals surface area contributed by atoms with Gasteiger partial charge in [0.15, 0.2) is 0 Å². The summed E-state index contributed by atoms with van der Waals surface area (Å²) in [5.74, 6) is 1.04. The van der Waals surface area contributed by atoms with Crippen molar-refractivity contribution in [2.45, 2.75) is 44.4 Å². The molecular weight excluding hydrogens is 258 g/mol. The molecular formula is C14H21N3OS. The lowest BCUT2D eigenvalue weighted by atomic mass is 10.1. The van der Waals surface area contributed by atoms with Crippen molar-refractivity contribution in [1.29, 1.82) is 0 Å². The van der Waals surface area contributed by atoms with Gasteiger partial charge in [0.1, 0.15) is 0 Å². The van der Waals surface area contributed by atoms with E-state index in [0.29, 0.717) is 16.5 Å². The molecule has 1 aliphatic carbocycles. The molecule has 1 heterocycles. The topological polar surface area (TPSA) is 68.0 Å². The van der Waals surface area contributed by atoms with Crippen molar-refractivity contribution >= 4 is 23.4 Å². The summed E-state index contributed by atoms with van der Waals surface area (Å²) in [4.78, 5) is 16.3. The average molecular weight is 279 g/mol. The van der Waals surface area contributed by atoms with Gasteiger partial charge in [-0.1, -0.05) is 6.92 Å². The number of nitrogens with zero attached hydrogens (tertiary/aromatic N) is 1. The largest absolute Gasteiger partial charge is 0.398 e. The Hall–Kier alpha value is -1.23. The van der Waals surface area contributed by atoms with Crippen LogP contribution in [0.1, 0.15) is 42.2 Å². The van der Waals surface area contributed by atoms with Gasteiger partial charge < -0.3 is 11.1 Å². The molecule has 1 aromatic heterocycles. The standard InChI is InChI=1S/C14H21N3OS/c1-3-19-11-5-4-10(7-11)17-14(18)12-8-16-9(2)6-13(12)15/h6,8,10-11H,3-5,7H2,1-2H3,(H2,15,16)(H,17,18). The highest BCUT2D eigenvalue weighted by Crippen LogP contribution is 2.29. The smallest absolute Gasteiger partial charge is 0.255 e. The Morgan fingerprint density at radius 2 is 2.37 bits per heavy atom. The van der Waals surface area contributed by atoms with Crippen molar-refractivity contribution in [3.8, 4) is 0 Å². The number of carbonyl (C=O) groups is 1. The number of aryl methyl sites for hydroxylation is 1. The number of rotatable bonds is 4. The molecule has 3 N–H and O–H groups in total. The van der Waals surface area contributed by atoms with Gasteiger partial charge in [0.05, 0.1) is 5.56 Å². The number of amides is 1. The number of thioether (sulfide) groups is 1. The van der Waals surface area contributed by atoms with Crippen LogP contribution in [-0.4, -0.2) is 27.9 Å². The zero-order valence-electron chi connectivity index (χ0n) is 11.5. The van der Waals surface area contributed by atoms with Crippen LogP contribution >= 0.6 is 11.8 Å². The van der Waals surface area contributed by atoms with Crippen molar-refractivity contribution in [3.63, 3.8) is 0 Å². The Balaban J connectivity index is 1.94. The SMILES string of the molecule is CCSC1CCC(NC(=O)c2cnc(C)cc2N)C1. The highest BCUT2D eigenvalue weighted by Gasteiger charge is 2.26. The summed E-state index contributed by atoms with van der Waals surface area (Å²) in [6, 6.07) is 2.01. The fourth-order valence-electron chi connectivity index (χ4n) is 2.49. The molecule has 0 bridgehead atoms. The minimum atomic E-state index is -0.0999. The molecule has 2 atom stereocenters. The second kappa shape index (κ2) is 6.28. The third-order valence-corrected chi connectivity index (χ3v) is 4.67. The molecule has 104 valence electrons. The molecule has 4 nitrogen and oxygen atoms in total. The van der Waals surface area contributed by atoms with Crippen molar-refractivity contribution in [3.05, 3.63) is 23.5 Å². The van der Waals surface area contributed by atoms with E-state index in [9.17, 15) is 4.79 Å². The molecule has 0 saturated heterocycles. The number of hydrogen-bond donors (Lipinski definition) is 2. The van der Waals surface area contributed by atoms with E-state index in [4.69, 9.17) is 5.73 Å². The first-order chi connectivity index (χ1) is 9.10. The summed E-state index contributed by atoms with van der Waals surface area (Å²) in [5, 5.41) is 3.76. The first-order valence-electron chi connectivity index (χ1n) is 6.74. The van der Waals surface area contributed by atoms with Crippen molar-refractivity contribution in [2.24, 2.45) is 0 Å². The van der Waals surface area contributed by atoms with Crippen LogP contribution in [0.4, 0.5) is 5.69 Å². The van der Waals surface area contributed by atoms with Crippen LogP contribution in [0.25, 0.3) is 0 Å². The summed E-state index contributed by atoms with van der Waals surface area (Å²) in [6.45, 7) is 4.04. The minimum Gasteiger partial charge on any atom is -0.398 e. The molecule has 1 fully saturated rings. The summed E-state index contributed by atoms with van der Waals surface area (Å²) in [5.41, 5.74) is 7.68. The lowest BCUT2D eigenvalue weighted by molar-refractivity contribution is 0.0938. The van der Waals surface area contributed by atoms with Crippen molar-refractivity contribution < 1.29 is 4.79 Å². The van der Waals surface area contributed by atoms with E-state index in [1.807, 2.05) is 18.7 Å². The molecule has 0 radical (unpaired) electrons. The predicted octanol–water partition coefficient (Wildman–Crippen LogP) is 2.38. The van der Waals surface area contributed by atoms with Crippen LogP contribution in [0.3, 0.4) is 0 Å². The zero-order valence-corrected chi connectivity index (χ0v) is 12.3. The van der Waals surface area contributed by atoms with Gasteiger partial charge in [0.2, 0.25) is 0 Å². The van der Waals surface area contributed by atoms with E-state index >= 15 is 0 Å². The van der Waals surface area contributed by atoms with Crippen LogP contribution in [0.5, 0.6) is 0 Å². The maximum absolute atomic E-state index is 12.2. The summed E-state index contributed by atoms with van der Waals surface area (Å²) in [6.07, 6.45) is 4.87. The maximum Gasteiger partial charge on any atom is 0.255 e. The Morgan fingerprint density at radius 1 is 1.58 bits per heavy atom. The highest BCUT2D eigenvalue weighted by molar-refractivity contribution is 7.99. The molecule has 0 aromatic carbocycles. The molecule has 0 aliphatic heterocycles. The molecule has 1 amide bonds. The molecule has 5 heteroatoms. The Morgan fingerprint density at radius 3 is 3.05 bits per heavy atom. The average Bonchev–Trinajstić information content (AvgIpc) is 2.76. The lowest BCUT2D eigenvalue weighted by Crippen LogP contribution is -2.33. The van der Waals surface area contributed by atoms with Crippen LogP contribution < -0.4 is 11.1 Å². The van der Waals surface area contributed by atoms with Crippen LogP contribution in [-0.2, 0) is 0 Å². The van der Waals surface area contributed by atoms with Crippen LogP contribution in [0, 0.1) is 6.92 Å². The Labute approximate surface area is 118 Å². The first-order valence-corrected chi connectivity index (χ1v) is 7.79. The molecule has 1 saturated carbocycles. The third kappa shape index (κ3) is 3.62. The van der Waals surface area contributed by atoms with Gasteiger partial charge >= 0.3 is 0 Å². The molecule has 1 aromatic rings. The number of nitrogen functional groups attached to an aromatic ring is 1. The quantitative estimate of drug-likeness (QED) is 0.888. The zero-order chi connectivity index (χ0) is 13.8. The lowest BCUT2D eigenvalue weighted by Gasteiger charge is -2.14. The number of pyridine rings is 1. The van der Waals surface area contributed by atoms with Gasteiger partial charge in [-0.25, -0.2) is 0 Å². The van der Waals surface area contributed by atoms with E-state index in [2.05, 4.69) is 17.2 Å². The van der Waals surface area contributed by atoms with E-state index in [1.54, 1.807) is 12.3 Å². The van der Waals surface area contributed by atoms with Gasteiger partial charge in [-0.05, 0) is 38.0 Å².